The van der Waals surface area contributed by atoms with Crippen molar-refractivity contribution < 1.29 is 9.18 Å². The maximum atomic E-state index is 13.9. The Morgan fingerprint density at radius 3 is 2.56 bits per heavy atom. The molecule has 4 rings (SSSR count). The minimum atomic E-state index is -0.852. The molecule has 2 aromatic carbocycles. The summed E-state index contributed by atoms with van der Waals surface area (Å²) in [5.41, 5.74) is 2.64. The van der Waals surface area contributed by atoms with E-state index < -0.39 is 5.41 Å². The first-order valence-corrected chi connectivity index (χ1v) is 11.0. The summed E-state index contributed by atoms with van der Waals surface area (Å²) in [6.45, 7) is 4.38. The molecule has 3 aromatic rings. The van der Waals surface area contributed by atoms with Crippen molar-refractivity contribution in [1.29, 1.82) is 0 Å². The Balaban J connectivity index is 1.76. The summed E-state index contributed by atoms with van der Waals surface area (Å²) in [6.07, 6.45) is 3.57. The van der Waals surface area contributed by atoms with Gasteiger partial charge in [-0.25, -0.2) is 14.4 Å². The van der Waals surface area contributed by atoms with Crippen LogP contribution in [0, 0.1) is 5.82 Å². The van der Waals surface area contributed by atoms with Gasteiger partial charge in [0.05, 0.1) is 17.2 Å². The second-order valence-electron chi connectivity index (χ2n) is 9.02. The number of amides is 1. The van der Waals surface area contributed by atoms with Gasteiger partial charge >= 0.3 is 0 Å². The molecule has 1 atom stereocenters. The average molecular weight is 433 g/mol. The molecule has 0 spiro atoms. The van der Waals surface area contributed by atoms with Crippen LogP contribution in [0.4, 0.5) is 10.3 Å². The largest absolute Gasteiger partial charge is 0.347 e. The molecular formula is C26H29FN4O. The van der Waals surface area contributed by atoms with Gasteiger partial charge in [0.2, 0.25) is 11.9 Å². The van der Waals surface area contributed by atoms with Gasteiger partial charge in [-0.2, -0.15) is 0 Å². The highest BCUT2D eigenvalue weighted by atomic mass is 19.1. The van der Waals surface area contributed by atoms with E-state index in [2.05, 4.69) is 4.98 Å². The highest BCUT2D eigenvalue weighted by Crippen LogP contribution is 2.40. The number of carbonyl (C=O) groups is 1. The van der Waals surface area contributed by atoms with E-state index in [9.17, 15) is 9.18 Å². The number of halogens is 1. The van der Waals surface area contributed by atoms with Gasteiger partial charge in [-0.1, -0.05) is 42.5 Å². The van der Waals surface area contributed by atoms with Gasteiger partial charge < -0.3 is 9.80 Å². The summed E-state index contributed by atoms with van der Waals surface area (Å²) in [4.78, 5) is 27.0. The molecule has 1 aromatic heterocycles. The van der Waals surface area contributed by atoms with Crippen LogP contribution in [0.3, 0.4) is 0 Å². The van der Waals surface area contributed by atoms with E-state index in [4.69, 9.17) is 4.98 Å². The van der Waals surface area contributed by atoms with E-state index in [0.29, 0.717) is 18.1 Å². The van der Waals surface area contributed by atoms with Crippen LogP contribution in [0.25, 0.3) is 11.1 Å². The third-order valence-corrected chi connectivity index (χ3v) is 6.20. The fraction of sp³-hybridized carbons (Fsp3) is 0.346. The first kappa shape index (κ1) is 21.9. The van der Waals surface area contributed by atoms with E-state index in [1.54, 1.807) is 6.07 Å². The molecule has 1 amide bonds. The number of likely N-dealkylation sites (tertiary alicyclic amines) is 1. The summed E-state index contributed by atoms with van der Waals surface area (Å²) in [6, 6.07) is 16.2. The van der Waals surface area contributed by atoms with E-state index in [0.717, 1.165) is 29.7 Å². The van der Waals surface area contributed by atoms with Crippen LogP contribution in [0.15, 0.2) is 60.8 Å². The summed E-state index contributed by atoms with van der Waals surface area (Å²) in [5, 5.41) is 0. The first-order valence-electron chi connectivity index (χ1n) is 11.0. The van der Waals surface area contributed by atoms with Crippen molar-refractivity contribution in [2.75, 3.05) is 25.5 Å². The van der Waals surface area contributed by atoms with Crippen molar-refractivity contribution in [3.8, 4) is 11.1 Å². The lowest BCUT2D eigenvalue weighted by Crippen LogP contribution is -2.43. The number of aromatic nitrogens is 2. The number of carbonyl (C=O) groups excluding carboxylic acids is 1. The standard InChI is InChI=1S/C26H29FN4O/c1-26(2,19-12-8-13-20(27)16-19)24(32)31-15-9-14-22(31)23-21(18-10-6-5-7-11-18)17-28-25(29-23)30(3)4/h5-8,10-13,16-17,22H,9,14-15H2,1-4H3/t22-/m0/s1. The quantitative estimate of drug-likeness (QED) is 0.570. The fourth-order valence-corrected chi connectivity index (χ4v) is 4.35. The van der Waals surface area contributed by atoms with Crippen molar-refractivity contribution >= 4 is 11.9 Å². The van der Waals surface area contributed by atoms with Gasteiger partial charge in [0.25, 0.3) is 0 Å². The van der Waals surface area contributed by atoms with Crippen molar-refractivity contribution in [2.24, 2.45) is 0 Å². The molecule has 0 N–H and O–H groups in total. The summed E-state index contributed by atoms with van der Waals surface area (Å²) >= 11 is 0. The normalized spacial score (nSPS) is 16.3. The number of nitrogens with zero attached hydrogens (tertiary/aromatic N) is 4. The number of rotatable bonds is 5. The Kier molecular flexibility index (Phi) is 5.96. The zero-order valence-corrected chi connectivity index (χ0v) is 19.0. The minimum Gasteiger partial charge on any atom is -0.347 e. The molecule has 1 aliphatic rings. The predicted octanol–water partition coefficient (Wildman–Crippen LogP) is 4.99. The number of anilines is 1. The zero-order valence-electron chi connectivity index (χ0n) is 19.0. The molecule has 1 aliphatic heterocycles. The SMILES string of the molecule is CN(C)c1ncc(-c2ccccc2)c([C@@H]2CCCN2C(=O)C(C)(C)c2cccc(F)c2)n1. The Morgan fingerprint density at radius 2 is 1.88 bits per heavy atom. The molecule has 6 heteroatoms. The zero-order chi connectivity index (χ0) is 22.9. The molecule has 166 valence electrons. The lowest BCUT2D eigenvalue weighted by atomic mass is 9.82. The lowest BCUT2D eigenvalue weighted by molar-refractivity contribution is -0.137. The Hall–Kier alpha value is -3.28. The molecular weight excluding hydrogens is 403 g/mol. The molecule has 0 unspecified atom stereocenters. The Morgan fingerprint density at radius 1 is 1.12 bits per heavy atom. The Bertz CT molecular complexity index is 1110. The van der Waals surface area contributed by atoms with E-state index in [-0.39, 0.29) is 17.8 Å². The summed E-state index contributed by atoms with van der Waals surface area (Å²) < 4.78 is 13.9. The number of benzene rings is 2. The highest BCUT2D eigenvalue weighted by Gasteiger charge is 2.41. The molecule has 1 saturated heterocycles. The molecule has 0 saturated carbocycles. The summed E-state index contributed by atoms with van der Waals surface area (Å²) in [5.74, 6) is 0.261. The molecule has 1 fully saturated rings. The topological polar surface area (TPSA) is 49.3 Å². The first-order chi connectivity index (χ1) is 15.3. The van der Waals surface area contributed by atoms with Gasteiger partial charge in [0.15, 0.2) is 0 Å². The van der Waals surface area contributed by atoms with Crippen LogP contribution in [0.1, 0.15) is 44.0 Å². The Labute approximate surface area is 188 Å². The second kappa shape index (κ2) is 8.69. The third kappa shape index (κ3) is 4.09. The van der Waals surface area contributed by atoms with Gasteiger partial charge in [-0.05, 0) is 49.9 Å². The number of hydrogen-bond donors (Lipinski definition) is 0. The molecule has 5 nitrogen and oxygen atoms in total. The smallest absolute Gasteiger partial charge is 0.233 e. The van der Waals surface area contributed by atoms with Gasteiger partial charge in [-0.15, -0.1) is 0 Å². The van der Waals surface area contributed by atoms with E-state index in [1.807, 2.05) is 80.3 Å². The molecule has 32 heavy (non-hydrogen) atoms. The minimum absolute atomic E-state index is 0.0189. The van der Waals surface area contributed by atoms with Crippen LogP contribution in [0.5, 0.6) is 0 Å². The monoisotopic (exact) mass is 432 g/mol. The van der Waals surface area contributed by atoms with Crippen LogP contribution < -0.4 is 4.90 Å². The fourth-order valence-electron chi connectivity index (χ4n) is 4.35. The van der Waals surface area contributed by atoms with Crippen molar-refractivity contribution in [1.82, 2.24) is 14.9 Å². The molecule has 0 aliphatic carbocycles. The predicted molar refractivity (Wildman–Crippen MR) is 125 cm³/mol. The van der Waals surface area contributed by atoms with Crippen LogP contribution >= 0.6 is 0 Å². The van der Waals surface area contributed by atoms with Crippen molar-refractivity contribution in [3.63, 3.8) is 0 Å². The van der Waals surface area contributed by atoms with Crippen LogP contribution in [-0.4, -0.2) is 41.4 Å². The van der Waals surface area contributed by atoms with Crippen LogP contribution in [-0.2, 0) is 10.2 Å². The van der Waals surface area contributed by atoms with Gasteiger partial charge in [0, 0.05) is 32.4 Å². The van der Waals surface area contributed by atoms with Crippen molar-refractivity contribution in [2.45, 2.75) is 38.1 Å². The average Bonchev–Trinajstić information content (AvgIpc) is 3.28. The van der Waals surface area contributed by atoms with Crippen molar-refractivity contribution in [3.05, 3.63) is 77.9 Å². The van der Waals surface area contributed by atoms with E-state index in [1.165, 1.54) is 12.1 Å². The second-order valence-corrected chi connectivity index (χ2v) is 9.02. The van der Waals surface area contributed by atoms with E-state index >= 15 is 0 Å². The third-order valence-electron chi connectivity index (χ3n) is 6.20. The maximum absolute atomic E-state index is 13.9. The lowest BCUT2D eigenvalue weighted by Gasteiger charge is -2.34. The molecule has 0 bridgehead atoms. The highest BCUT2D eigenvalue weighted by molar-refractivity contribution is 5.88. The summed E-state index contributed by atoms with van der Waals surface area (Å²) in [7, 11) is 3.82. The molecule has 0 radical (unpaired) electrons. The van der Waals surface area contributed by atoms with Crippen LogP contribution in [0.2, 0.25) is 0 Å². The molecule has 2 heterocycles. The number of hydrogen-bond acceptors (Lipinski definition) is 4. The van der Waals surface area contributed by atoms with Gasteiger partial charge in [-0.3, -0.25) is 4.79 Å². The van der Waals surface area contributed by atoms with Gasteiger partial charge in [0.1, 0.15) is 5.82 Å². The maximum Gasteiger partial charge on any atom is 0.233 e.